The molecule has 8 nitrogen and oxygen atoms in total. The van der Waals surface area contributed by atoms with Crippen LogP contribution in [0.15, 0.2) is 54.6 Å². The molecule has 0 aliphatic heterocycles. The third-order valence-electron chi connectivity index (χ3n) is 4.22. The van der Waals surface area contributed by atoms with E-state index < -0.39 is 42.0 Å². The molecular weight excluding hydrogens is 395 g/mol. The van der Waals surface area contributed by atoms with E-state index in [1.807, 2.05) is 6.07 Å². The van der Waals surface area contributed by atoms with Crippen molar-refractivity contribution in [3.05, 3.63) is 71.5 Å². The van der Waals surface area contributed by atoms with Crippen molar-refractivity contribution in [3.8, 4) is 0 Å². The predicted octanol–water partition coefficient (Wildman–Crippen LogP) is 1.61. The van der Waals surface area contributed by atoms with E-state index in [9.17, 15) is 29.0 Å². The van der Waals surface area contributed by atoms with E-state index in [0.29, 0.717) is 5.56 Å². The minimum absolute atomic E-state index is 0.0386. The lowest BCUT2D eigenvalue weighted by Crippen LogP contribution is -2.56. The summed E-state index contributed by atoms with van der Waals surface area (Å²) in [5, 5.41) is 23.8. The van der Waals surface area contributed by atoms with Gasteiger partial charge in [0.25, 0.3) is 0 Å². The molecule has 30 heavy (non-hydrogen) atoms. The maximum absolute atomic E-state index is 13.0. The highest BCUT2D eigenvalue weighted by atomic mass is 19.1. The first-order chi connectivity index (χ1) is 14.3. The van der Waals surface area contributed by atoms with E-state index >= 15 is 0 Å². The zero-order chi connectivity index (χ0) is 22.1. The number of hydrogen-bond donors (Lipinski definition) is 4. The zero-order valence-electron chi connectivity index (χ0n) is 16.2. The number of hydrogen-bond acceptors (Lipinski definition) is 5. The van der Waals surface area contributed by atoms with Crippen molar-refractivity contribution in [2.75, 3.05) is 0 Å². The van der Waals surface area contributed by atoms with Crippen molar-refractivity contribution in [2.45, 2.75) is 38.1 Å². The van der Waals surface area contributed by atoms with Gasteiger partial charge in [-0.2, -0.15) is 0 Å². The number of carbonyl (C=O) groups excluding carboxylic acids is 2. The summed E-state index contributed by atoms with van der Waals surface area (Å²) in [7, 11) is 0. The van der Waals surface area contributed by atoms with Crippen LogP contribution in [0.25, 0.3) is 0 Å². The highest BCUT2D eigenvalue weighted by Crippen LogP contribution is 2.07. The van der Waals surface area contributed by atoms with Gasteiger partial charge in [-0.15, -0.1) is 0 Å². The van der Waals surface area contributed by atoms with Gasteiger partial charge in [-0.05, 0) is 30.2 Å². The van der Waals surface area contributed by atoms with Crippen LogP contribution < -0.4 is 10.6 Å². The fourth-order valence-corrected chi connectivity index (χ4v) is 2.61. The van der Waals surface area contributed by atoms with Gasteiger partial charge in [0.15, 0.2) is 0 Å². The molecule has 0 saturated heterocycles. The predicted molar refractivity (Wildman–Crippen MR) is 105 cm³/mol. The van der Waals surface area contributed by atoms with Crippen molar-refractivity contribution >= 4 is 18.0 Å². The molecule has 2 amide bonds. The summed E-state index contributed by atoms with van der Waals surface area (Å²) in [6.07, 6.45) is -2.35. The molecule has 2 rings (SSSR count). The van der Waals surface area contributed by atoms with Crippen LogP contribution >= 0.6 is 0 Å². The Morgan fingerprint density at radius 3 is 2.20 bits per heavy atom. The number of amides is 2. The van der Waals surface area contributed by atoms with Crippen LogP contribution in [0, 0.1) is 5.82 Å². The fourth-order valence-electron chi connectivity index (χ4n) is 2.61. The second-order valence-corrected chi connectivity index (χ2v) is 6.65. The monoisotopic (exact) mass is 418 g/mol. The van der Waals surface area contributed by atoms with Crippen LogP contribution in [0.3, 0.4) is 0 Å². The Labute approximate surface area is 172 Å². The number of nitrogens with one attached hydrogen (secondary N) is 2. The molecule has 0 aromatic heterocycles. The van der Waals surface area contributed by atoms with E-state index in [0.717, 1.165) is 5.56 Å². The molecule has 2 aromatic carbocycles. The maximum atomic E-state index is 13.0. The number of carboxylic acid groups (broad SMARTS) is 1. The molecule has 0 aliphatic rings. The summed E-state index contributed by atoms with van der Waals surface area (Å²) >= 11 is 0. The van der Waals surface area contributed by atoms with Gasteiger partial charge >= 0.3 is 12.1 Å². The average Bonchev–Trinajstić information content (AvgIpc) is 2.71. The quantitative estimate of drug-likeness (QED) is 0.490. The van der Waals surface area contributed by atoms with E-state index in [1.54, 1.807) is 24.3 Å². The fraction of sp³-hybridized carbons (Fsp3) is 0.286. The number of aliphatic hydroxyl groups excluding tert-OH is 1. The van der Waals surface area contributed by atoms with Gasteiger partial charge in [0.05, 0.1) is 6.10 Å². The molecule has 0 saturated carbocycles. The second kappa shape index (κ2) is 10.9. The van der Waals surface area contributed by atoms with Gasteiger partial charge in [-0.1, -0.05) is 42.5 Å². The molecule has 0 spiro atoms. The summed E-state index contributed by atoms with van der Waals surface area (Å²) in [5.74, 6) is -2.68. The van der Waals surface area contributed by atoms with E-state index in [4.69, 9.17) is 4.74 Å². The van der Waals surface area contributed by atoms with Crippen LogP contribution in [0.4, 0.5) is 9.18 Å². The lowest BCUT2D eigenvalue weighted by Gasteiger charge is -2.23. The number of halogens is 1. The largest absolute Gasteiger partial charge is 0.480 e. The Morgan fingerprint density at radius 1 is 1.00 bits per heavy atom. The van der Waals surface area contributed by atoms with Crippen LogP contribution in [0.2, 0.25) is 0 Å². The van der Waals surface area contributed by atoms with Crippen molar-refractivity contribution in [3.63, 3.8) is 0 Å². The number of carbonyl (C=O) groups is 3. The number of alkyl carbamates (subject to hydrolysis) is 1. The smallest absolute Gasteiger partial charge is 0.408 e. The van der Waals surface area contributed by atoms with Gasteiger partial charge in [0.1, 0.15) is 24.5 Å². The lowest BCUT2D eigenvalue weighted by atomic mass is 10.0. The molecule has 9 heteroatoms. The zero-order valence-corrected chi connectivity index (χ0v) is 16.2. The van der Waals surface area contributed by atoms with E-state index in [2.05, 4.69) is 10.6 Å². The number of rotatable bonds is 9. The van der Waals surface area contributed by atoms with Crippen molar-refractivity contribution in [2.24, 2.45) is 0 Å². The summed E-state index contributed by atoms with van der Waals surface area (Å²) in [5.41, 5.74) is 1.23. The number of ether oxygens (including phenoxy) is 1. The van der Waals surface area contributed by atoms with Gasteiger partial charge < -0.3 is 25.6 Å². The lowest BCUT2D eigenvalue weighted by molar-refractivity contribution is -0.142. The number of benzene rings is 2. The van der Waals surface area contributed by atoms with Gasteiger partial charge in [-0.25, -0.2) is 14.0 Å². The third-order valence-corrected chi connectivity index (χ3v) is 4.22. The molecule has 2 aromatic rings. The van der Waals surface area contributed by atoms with Gasteiger partial charge in [0.2, 0.25) is 5.91 Å². The minimum Gasteiger partial charge on any atom is -0.480 e. The summed E-state index contributed by atoms with van der Waals surface area (Å²) < 4.78 is 18.0. The van der Waals surface area contributed by atoms with Crippen molar-refractivity contribution in [1.82, 2.24) is 10.6 Å². The molecule has 0 heterocycles. The third kappa shape index (κ3) is 7.17. The maximum Gasteiger partial charge on any atom is 0.408 e. The molecule has 4 N–H and O–H groups in total. The molecule has 0 unspecified atom stereocenters. The molecule has 0 aliphatic carbocycles. The van der Waals surface area contributed by atoms with Gasteiger partial charge in [0, 0.05) is 6.42 Å². The minimum atomic E-state index is -1.43. The first kappa shape index (κ1) is 22.8. The molecule has 0 radical (unpaired) electrons. The first-order valence-corrected chi connectivity index (χ1v) is 9.19. The summed E-state index contributed by atoms with van der Waals surface area (Å²) in [4.78, 5) is 36.0. The van der Waals surface area contributed by atoms with Crippen LogP contribution in [-0.4, -0.2) is 46.4 Å². The normalized spacial score (nSPS) is 13.6. The van der Waals surface area contributed by atoms with Crippen LogP contribution in [0.5, 0.6) is 0 Å². The highest BCUT2D eigenvalue weighted by molar-refractivity contribution is 5.89. The molecular formula is C21H23FN2O6. The van der Waals surface area contributed by atoms with Crippen LogP contribution in [-0.2, 0) is 27.4 Å². The standard InChI is InChI=1S/C21H23FN2O6/c1-13(25)18(24-21(29)30-12-15-5-3-2-4-6-15)19(26)23-17(20(27)28)11-14-7-9-16(22)10-8-14/h2-10,13,17-18,25H,11-12H2,1H3,(H,23,26)(H,24,29)(H,27,28)/t13-,17+,18+/m1/s1. The van der Waals surface area contributed by atoms with E-state index in [-0.39, 0.29) is 13.0 Å². The summed E-state index contributed by atoms with van der Waals surface area (Å²) in [6.45, 7) is 1.24. The molecule has 160 valence electrons. The van der Waals surface area contributed by atoms with Gasteiger partial charge in [-0.3, -0.25) is 4.79 Å². The number of aliphatic hydroxyl groups is 1. The van der Waals surface area contributed by atoms with Crippen LogP contribution in [0.1, 0.15) is 18.1 Å². The van der Waals surface area contributed by atoms with Crippen molar-refractivity contribution in [1.29, 1.82) is 0 Å². The van der Waals surface area contributed by atoms with E-state index in [1.165, 1.54) is 31.2 Å². The van der Waals surface area contributed by atoms with Crippen molar-refractivity contribution < 1.29 is 33.7 Å². The Balaban J connectivity index is 1.97. The Bertz CT molecular complexity index is 858. The Morgan fingerprint density at radius 2 is 1.63 bits per heavy atom. The SMILES string of the molecule is C[C@@H](O)[C@H](NC(=O)OCc1ccccc1)C(=O)N[C@@H](Cc1ccc(F)cc1)C(=O)O. The molecule has 0 bridgehead atoms. The molecule has 0 fully saturated rings. The second-order valence-electron chi connectivity index (χ2n) is 6.65. The Hall–Kier alpha value is -3.46. The topological polar surface area (TPSA) is 125 Å². The Kier molecular flexibility index (Phi) is 8.30. The number of aliphatic carboxylic acids is 1. The number of carboxylic acids is 1. The highest BCUT2D eigenvalue weighted by Gasteiger charge is 2.30. The first-order valence-electron chi connectivity index (χ1n) is 9.19. The summed E-state index contributed by atoms with van der Waals surface area (Å²) in [6, 6.07) is 11.3. The average molecular weight is 418 g/mol. The molecule has 3 atom stereocenters.